The van der Waals surface area contributed by atoms with Gasteiger partial charge in [0, 0.05) is 28.3 Å². The number of rotatable bonds is 11. The third kappa shape index (κ3) is 4.47. The third-order valence-electron chi connectivity index (χ3n) is 8.19. The summed E-state index contributed by atoms with van der Waals surface area (Å²) in [5.74, 6) is -0.801. The van der Waals surface area contributed by atoms with E-state index >= 15 is 0 Å². The standard InChI is InChI=1S/C33H37NO6/c1-3-5-6-7-8-9-10-11-15-23-27(31(34)37)28-30(21(4-2)29(23)36)39-26-19-20(35)17-18-25(26)33(28)24-16-13-12-14-22(24)32(38)40-33/h12-14,16-19,35-36H,3-11,15H2,1-2H3,(H2,34,37). The average Bonchev–Trinajstić information content (AvgIpc) is 3.23. The predicted molar refractivity (Wildman–Crippen MR) is 152 cm³/mol. The Morgan fingerprint density at radius 3 is 2.30 bits per heavy atom. The van der Waals surface area contributed by atoms with Gasteiger partial charge in [-0.25, -0.2) is 4.79 Å². The number of hydrogen-bond donors (Lipinski definition) is 3. The number of phenols is 2. The summed E-state index contributed by atoms with van der Waals surface area (Å²) in [6.07, 6.45) is 9.75. The van der Waals surface area contributed by atoms with E-state index < -0.39 is 17.5 Å². The molecule has 2 aliphatic rings. The zero-order valence-corrected chi connectivity index (χ0v) is 23.2. The zero-order valence-electron chi connectivity index (χ0n) is 23.2. The second-order valence-electron chi connectivity index (χ2n) is 10.7. The summed E-state index contributed by atoms with van der Waals surface area (Å²) in [4.78, 5) is 26.5. The minimum atomic E-state index is -1.53. The molecule has 0 bridgehead atoms. The summed E-state index contributed by atoms with van der Waals surface area (Å²) in [7, 11) is 0. The summed E-state index contributed by atoms with van der Waals surface area (Å²) in [6.45, 7) is 4.09. The number of primary amides is 1. The van der Waals surface area contributed by atoms with Crippen LogP contribution < -0.4 is 10.5 Å². The molecule has 2 heterocycles. The Kier molecular flexibility index (Phi) is 7.74. The van der Waals surface area contributed by atoms with Crippen molar-refractivity contribution in [3.63, 3.8) is 0 Å². The maximum atomic E-state index is 13.3. The van der Waals surface area contributed by atoms with Crippen LogP contribution >= 0.6 is 0 Å². The molecular formula is C33H37NO6. The van der Waals surface area contributed by atoms with Gasteiger partial charge in [-0.2, -0.15) is 0 Å². The largest absolute Gasteiger partial charge is 0.508 e. The van der Waals surface area contributed by atoms with Crippen LogP contribution in [0.3, 0.4) is 0 Å². The summed E-state index contributed by atoms with van der Waals surface area (Å²) in [5, 5.41) is 21.8. The molecule has 7 nitrogen and oxygen atoms in total. The van der Waals surface area contributed by atoms with Gasteiger partial charge in [-0.1, -0.05) is 77.0 Å². The minimum absolute atomic E-state index is 0.0191. The molecule has 1 spiro atoms. The fourth-order valence-corrected chi connectivity index (χ4v) is 6.28. The van der Waals surface area contributed by atoms with Crippen LogP contribution in [0.1, 0.15) is 114 Å². The molecule has 0 radical (unpaired) electrons. The summed E-state index contributed by atoms with van der Waals surface area (Å²) < 4.78 is 12.6. The number of esters is 1. The SMILES string of the molecule is CCCCCCCCCCc1c(O)c(CC)c2c(c1C(N)=O)C1(OC(=O)c3ccccc31)c1ccc(O)cc1O2. The first-order chi connectivity index (χ1) is 19.3. The van der Waals surface area contributed by atoms with Gasteiger partial charge in [0.15, 0.2) is 5.60 Å². The quantitative estimate of drug-likeness (QED) is 0.177. The highest BCUT2D eigenvalue weighted by atomic mass is 16.6. The van der Waals surface area contributed by atoms with Gasteiger partial charge in [-0.15, -0.1) is 0 Å². The number of benzene rings is 3. The van der Waals surface area contributed by atoms with Crippen molar-refractivity contribution in [1.29, 1.82) is 0 Å². The number of aromatic hydroxyl groups is 2. The first-order valence-corrected chi connectivity index (χ1v) is 14.4. The molecule has 7 heteroatoms. The van der Waals surface area contributed by atoms with Crippen LogP contribution in [0.25, 0.3) is 0 Å². The molecule has 5 rings (SSSR count). The maximum Gasteiger partial charge on any atom is 0.340 e. The zero-order chi connectivity index (χ0) is 28.4. The van der Waals surface area contributed by atoms with E-state index in [0.717, 1.165) is 25.7 Å². The Bertz CT molecular complexity index is 1460. The van der Waals surface area contributed by atoms with Gasteiger partial charge in [-0.05, 0) is 37.5 Å². The number of phenolic OH excluding ortho intramolecular Hbond substituents is 2. The fourth-order valence-electron chi connectivity index (χ4n) is 6.28. The highest BCUT2D eigenvalue weighted by molar-refractivity contribution is 6.02. The number of ether oxygens (including phenoxy) is 2. The lowest BCUT2D eigenvalue weighted by Gasteiger charge is -2.39. The molecule has 210 valence electrons. The molecule has 4 N–H and O–H groups in total. The van der Waals surface area contributed by atoms with Crippen molar-refractivity contribution in [3.8, 4) is 23.0 Å². The lowest BCUT2D eigenvalue weighted by atomic mass is 9.73. The molecule has 1 amide bonds. The van der Waals surface area contributed by atoms with E-state index in [2.05, 4.69) is 6.92 Å². The van der Waals surface area contributed by atoms with Gasteiger partial charge in [0.2, 0.25) is 5.91 Å². The second kappa shape index (κ2) is 11.2. The average molecular weight is 544 g/mol. The van der Waals surface area contributed by atoms with Crippen LogP contribution in [-0.2, 0) is 23.2 Å². The molecule has 0 aromatic heterocycles. The second-order valence-corrected chi connectivity index (χ2v) is 10.7. The van der Waals surface area contributed by atoms with Gasteiger partial charge < -0.3 is 25.4 Å². The summed E-state index contributed by atoms with van der Waals surface area (Å²) in [6, 6.07) is 11.6. The Morgan fingerprint density at radius 2 is 1.60 bits per heavy atom. The van der Waals surface area contributed by atoms with Crippen molar-refractivity contribution >= 4 is 11.9 Å². The monoisotopic (exact) mass is 543 g/mol. The van der Waals surface area contributed by atoms with Crippen molar-refractivity contribution in [2.45, 2.75) is 83.7 Å². The maximum absolute atomic E-state index is 13.3. The van der Waals surface area contributed by atoms with E-state index in [-0.39, 0.29) is 28.6 Å². The van der Waals surface area contributed by atoms with E-state index in [1.54, 1.807) is 24.3 Å². The Morgan fingerprint density at radius 1 is 0.900 bits per heavy atom. The number of unbranched alkanes of at least 4 members (excludes halogenated alkanes) is 7. The summed E-state index contributed by atoms with van der Waals surface area (Å²) in [5.41, 5.74) is 7.36. The molecule has 0 saturated heterocycles. The number of amides is 1. The minimum Gasteiger partial charge on any atom is -0.508 e. The normalized spacial score (nSPS) is 16.7. The Balaban J connectivity index is 1.67. The van der Waals surface area contributed by atoms with Gasteiger partial charge >= 0.3 is 5.97 Å². The highest BCUT2D eigenvalue weighted by Gasteiger charge is 2.56. The fraction of sp³-hybridized carbons (Fsp3) is 0.394. The number of nitrogens with two attached hydrogens (primary N) is 1. The lowest BCUT2D eigenvalue weighted by Crippen LogP contribution is -2.37. The first-order valence-electron chi connectivity index (χ1n) is 14.4. The highest BCUT2D eigenvalue weighted by Crippen LogP contribution is 2.60. The van der Waals surface area contributed by atoms with Crippen LogP contribution in [0.4, 0.5) is 0 Å². The topological polar surface area (TPSA) is 119 Å². The van der Waals surface area contributed by atoms with Crippen molar-refractivity contribution in [2.75, 3.05) is 0 Å². The predicted octanol–water partition coefficient (Wildman–Crippen LogP) is 7.01. The van der Waals surface area contributed by atoms with E-state index in [9.17, 15) is 19.8 Å². The van der Waals surface area contributed by atoms with Gasteiger partial charge in [0.1, 0.15) is 23.0 Å². The molecular weight excluding hydrogens is 506 g/mol. The number of carbonyl (C=O) groups excluding carboxylic acids is 2. The molecule has 0 saturated carbocycles. The molecule has 0 fully saturated rings. The van der Waals surface area contributed by atoms with E-state index in [4.69, 9.17) is 15.2 Å². The molecule has 1 unspecified atom stereocenters. The third-order valence-corrected chi connectivity index (χ3v) is 8.19. The number of carbonyl (C=O) groups is 2. The van der Waals surface area contributed by atoms with E-state index in [1.165, 1.54) is 37.8 Å². The molecule has 40 heavy (non-hydrogen) atoms. The van der Waals surface area contributed by atoms with Crippen LogP contribution in [0.15, 0.2) is 42.5 Å². The van der Waals surface area contributed by atoms with Crippen LogP contribution in [0.2, 0.25) is 0 Å². The van der Waals surface area contributed by atoms with Crippen molar-refractivity contribution in [2.24, 2.45) is 5.73 Å². The van der Waals surface area contributed by atoms with Crippen LogP contribution in [-0.4, -0.2) is 22.1 Å². The van der Waals surface area contributed by atoms with Gasteiger partial charge in [-0.3, -0.25) is 4.79 Å². The van der Waals surface area contributed by atoms with Crippen molar-refractivity contribution in [1.82, 2.24) is 0 Å². The molecule has 2 aliphatic heterocycles. The van der Waals surface area contributed by atoms with Crippen molar-refractivity contribution in [3.05, 3.63) is 81.4 Å². The van der Waals surface area contributed by atoms with Crippen LogP contribution in [0.5, 0.6) is 23.0 Å². The first kappa shape index (κ1) is 27.6. The van der Waals surface area contributed by atoms with E-state index in [1.807, 2.05) is 13.0 Å². The number of fused-ring (bicyclic) bond motifs is 6. The smallest absolute Gasteiger partial charge is 0.340 e. The molecule has 3 aromatic carbocycles. The molecule has 3 aromatic rings. The van der Waals surface area contributed by atoms with Crippen LogP contribution in [0, 0.1) is 0 Å². The van der Waals surface area contributed by atoms with Gasteiger partial charge in [0.05, 0.1) is 16.7 Å². The summed E-state index contributed by atoms with van der Waals surface area (Å²) >= 11 is 0. The Labute approximate surface area is 234 Å². The van der Waals surface area contributed by atoms with Gasteiger partial charge in [0.25, 0.3) is 0 Å². The lowest BCUT2D eigenvalue weighted by molar-refractivity contribution is 0.0219. The molecule has 0 aliphatic carbocycles. The Hall–Kier alpha value is -4.00. The molecule has 1 atom stereocenters. The van der Waals surface area contributed by atoms with E-state index in [0.29, 0.717) is 46.2 Å². The van der Waals surface area contributed by atoms with Crippen molar-refractivity contribution < 1.29 is 29.3 Å². The number of hydrogen-bond acceptors (Lipinski definition) is 6.